The van der Waals surface area contributed by atoms with Crippen LogP contribution in [0.1, 0.15) is 30.4 Å². The van der Waals surface area contributed by atoms with Crippen LogP contribution in [-0.4, -0.2) is 15.1 Å². The van der Waals surface area contributed by atoms with Crippen LogP contribution < -0.4 is 5.32 Å². The number of hydrogen-bond donors (Lipinski definition) is 1. The molecule has 0 amide bonds. The molecule has 6 heteroatoms. The van der Waals surface area contributed by atoms with Gasteiger partial charge in [0.1, 0.15) is 11.8 Å². The molecule has 0 fully saturated rings. The van der Waals surface area contributed by atoms with Gasteiger partial charge in [-0.05, 0) is 20.8 Å². The van der Waals surface area contributed by atoms with Crippen molar-refractivity contribution in [2.45, 2.75) is 26.8 Å². The Hall–Kier alpha value is -1.85. The van der Waals surface area contributed by atoms with E-state index in [1.54, 1.807) is 13.1 Å². The van der Waals surface area contributed by atoms with Gasteiger partial charge in [-0.25, -0.2) is 4.98 Å². The lowest BCUT2D eigenvalue weighted by atomic mass is 10.3. The molecule has 80 valence electrons. The van der Waals surface area contributed by atoms with Crippen LogP contribution >= 0.6 is 0 Å². The van der Waals surface area contributed by atoms with Crippen LogP contribution in [0.2, 0.25) is 0 Å². The van der Waals surface area contributed by atoms with Gasteiger partial charge in [-0.2, -0.15) is 4.98 Å². The summed E-state index contributed by atoms with van der Waals surface area (Å²) < 4.78 is 10.3. The van der Waals surface area contributed by atoms with E-state index >= 15 is 0 Å². The van der Waals surface area contributed by atoms with Crippen molar-refractivity contribution in [2.75, 3.05) is 5.32 Å². The molecule has 0 bridgehead atoms. The van der Waals surface area contributed by atoms with E-state index in [1.807, 2.05) is 13.8 Å². The first-order valence-electron chi connectivity index (χ1n) is 4.64. The zero-order valence-electron chi connectivity index (χ0n) is 8.81. The molecule has 0 aliphatic carbocycles. The number of hydrogen-bond acceptors (Lipinski definition) is 6. The molecule has 2 heterocycles. The Kier molecular flexibility index (Phi) is 2.40. The number of rotatable bonds is 3. The summed E-state index contributed by atoms with van der Waals surface area (Å²) in [5.41, 5.74) is 0. The summed E-state index contributed by atoms with van der Waals surface area (Å²) in [5.74, 6) is 1.97. The maximum absolute atomic E-state index is 5.36. The molecule has 2 aromatic heterocycles. The lowest BCUT2D eigenvalue weighted by Crippen LogP contribution is -2.07. The molecule has 0 spiro atoms. The van der Waals surface area contributed by atoms with Crippen LogP contribution in [0.4, 0.5) is 6.01 Å². The maximum atomic E-state index is 5.36. The number of nitrogens with one attached hydrogen (secondary N) is 1. The molecular weight excluding hydrogens is 196 g/mol. The Morgan fingerprint density at radius 2 is 2.20 bits per heavy atom. The molecule has 1 N–H and O–H groups in total. The first-order valence-corrected chi connectivity index (χ1v) is 4.64. The highest BCUT2D eigenvalue weighted by atomic mass is 16.5. The molecule has 0 aliphatic heterocycles. The molecule has 0 saturated carbocycles. The average Bonchev–Trinajstić information content (AvgIpc) is 2.75. The standard InChI is InChI=1S/C9H12N4O2/c1-5-4-10-8(14-5)6(2)11-9-12-7(3)13-15-9/h4,6H,1-3H3,(H,11,12,13). The number of nitrogens with zero attached hydrogens (tertiary/aromatic N) is 3. The van der Waals surface area contributed by atoms with Gasteiger partial charge in [0.15, 0.2) is 5.82 Å². The minimum atomic E-state index is -0.0986. The lowest BCUT2D eigenvalue weighted by Gasteiger charge is -2.06. The molecule has 0 radical (unpaired) electrons. The second kappa shape index (κ2) is 3.72. The monoisotopic (exact) mass is 208 g/mol. The van der Waals surface area contributed by atoms with E-state index in [1.165, 1.54) is 0 Å². The topological polar surface area (TPSA) is 77.0 Å². The summed E-state index contributed by atoms with van der Waals surface area (Å²) in [6.07, 6.45) is 1.67. The first-order chi connectivity index (χ1) is 7.15. The van der Waals surface area contributed by atoms with Gasteiger partial charge < -0.3 is 14.3 Å². The van der Waals surface area contributed by atoms with E-state index in [-0.39, 0.29) is 6.04 Å². The molecule has 15 heavy (non-hydrogen) atoms. The molecule has 0 aliphatic rings. The molecule has 2 aromatic rings. The van der Waals surface area contributed by atoms with Crippen molar-refractivity contribution in [3.63, 3.8) is 0 Å². The summed E-state index contributed by atoms with van der Waals surface area (Å²) in [6, 6.07) is 0.273. The predicted molar refractivity (Wildman–Crippen MR) is 52.3 cm³/mol. The SMILES string of the molecule is Cc1noc(NC(C)c2ncc(C)o2)n1. The largest absolute Gasteiger partial charge is 0.444 e. The van der Waals surface area contributed by atoms with Crippen molar-refractivity contribution in [1.82, 2.24) is 15.1 Å². The molecule has 6 nitrogen and oxygen atoms in total. The molecule has 0 saturated heterocycles. The predicted octanol–water partition coefficient (Wildman–Crippen LogP) is 1.85. The van der Waals surface area contributed by atoms with Crippen molar-refractivity contribution in [3.8, 4) is 0 Å². The van der Waals surface area contributed by atoms with Crippen molar-refractivity contribution in [2.24, 2.45) is 0 Å². The summed E-state index contributed by atoms with van der Waals surface area (Å²) >= 11 is 0. The van der Waals surface area contributed by atoms with E-state index in [9.17, 15) is 0 Å². The summed E-state index contributed by atoms with van der Waals surface area (Å²) in [4.78, 5) is 8.12. The second-order valence-electron chi connectivity index (χ2n) is 3.32. The summed E-state index contributed by atoms with van der Waals surface area (Å²) in [6.45, 7) is 5.51. The van der Waals surface area contributed by atoms with Crippen molar-refractivity contribution < 1.29 is 8.94 Å². The first kappa shape index (κ1) is 9.70. The summed E-state index contributed by atoms with van der Waals surface area (Å²) in [5, 5.41) is 6.66. The van der Waals surface area contributed by atoms with E-state index in [0.717, 1.165) is 5.76 Å². The van der Waals surface area contributed by atoms with Crippen LogP contribution in [0.3, 0.4) is 0 Å². The van der Waals surface area contributed by atoms with Crippen LogP contribution in [0, 0.1) is 13.8 Å². The third-order valence-corrected chi connectivity index (χ3v) is 1.88. The normalized spacial score (nSPS) is 12.7. The minimum absolute atomic E-state index is 0.0986. The molecular formula is C9H12N4O2. The molecule has 1 unspecified atom stereocenters. The quantitative estimate of drug-likeness (QED) is 0.829. The van der Waals surface area contributed by atoms with E-state index in [4.69, 9.17) is 8.94 Å². The third-order valence-electron chi connectivity index (χ3n) is 1.88. The van der Waals surface area contributed by atoms with E-state index < -0.39 is 0 Å². The van der Waals surface area contributed by atoms with Gasteiger partial charge in [-0.15, -0.1) is 0 Å². The van der Waals surface area contributed by atoms with Crippen LogP contribution in [0.15, 0.2) is 15.1 Å². The van der Waals surface area contributed by atoms with Crippen LogP contribution in [0.25, 0.3) is 0 Å². The number of aryl methyl sites for hydroxylation is 2. The minimum Gasteiger partial charge on any atom is -0.444 e. The molecule has 0 aromatic carbocycles. The summed E-state index contributed by atoms with van der Waals surface area (Å²) in [7, 11) is 0. The van der Waals surface area contributed by atoms with Crippen molar-refractivity contribution in [3.05, 3.63) is 23.7 Å². The van der Waals surface area contributed by atoms with Gasteiger partial charge in [0, 0.05) is 0 Å². The Labute approximate surface area is 86.7 Å². The Morgan fingerprint density at radius 3 is 2.73 bits per heavy atom. The second-order valence-corrected chi connectivity index (χ2v) is 3.32. The third kappa shape index (κ3) is 2.15. The fraction of sp³-hybridized carbons (Fsp3) is 0.444. The Balaban J connectivity index is 2.06. The molecule has 1 atom stereocenters. The fourth-order valence-electron chi connectivity index (χ4n) is 1.18. The Bertz CT molecular complexity index is 448. The molecule has 2 rings (SSSR count). The zero-order chi connectivity index (χ0) is 10.8. The lowest BCUT2D eigenvalue weighted by molar-refractivity contribution is 0.410. The van der Waals surface area contributed by atoms with E-state index in [0.29, 0.717) is 17.7 Å². The smallest absolute Gasteiger partial charge is 0.322 e. The maximum Gasteiger partial charge on any atom is 0.322 e. The van der Waals surface area contributed by atoms with Crippen LogP contribution in [-0.2, 0) is 0 Å². The number of aromatic nitrogens is 3. The van der Waals surface area contributed by atoms with Crippen molar-refractivity contribution >= 4 is 6.01 Å². The van der Waals surface area contributed by atoms with Gasteiger partial charge in [-0.3, -0.25) is 0 Å². The van der Waals surface area contributed by atoms with Gasteiger partial charge >= 0.3 is 6.01 Å². The highest BCUT2D eigenvalue weighted by Gasteiger charge is 2.13. The van der Waals surface area contributed by atoms with Gasteiger partial charge in [0.2, 0.25) is 5.89 Å². The number of anilines is 1. The fourth-order valence-corrected chi connectivity index (χ4v) is 1.18. The van der Waals surface area contributed by atoms with Gasteiger partial charge in [0.25, 0.3) is 0 Å². The zero-order valence-corrected chi connectivity index (χ0v) is 8.81. The number of oxazole rings is 1. The average molecular weight is 208 g/mol. The highest BCUT2D eigenvalue weighted by molar-refractivity contribution is 5.21. The van der Waals surface area contributed by atoms with E-state index in [2.05, 4.69) is 20.4 Å². The van der Waals surface area contributed by atoms with Crippen LogP contribution in [0.5, 0.6) is 0 Å². The van der Waals surface area contributed by atoms with Gasteiger partial charge in [0.05, 0.1) is 6.20 Å². The Morgan fingerprint density at radius 1 is 1.40 bits per heavy atom. The highest BCUT2D eigenvalue weighted by Crippen LogP contribution is 2.17. The van der Waals surface area contributed by atoms with Gasteiger partial charge in [-0.1, -0.05) is 5.16 Å². The van der Waals surface area contributed by atoms with Crippen molar-refractivity contribution in [1.29, 1.82) is 0 Å².